The monoisotopic (exact) mass is 451 g/mol. The van der Waals surface area contributed by atoms with Crippen LogP contribution < -0.4 is 20.3 Å². The lowest BCUT2D eigenvalue weighted by atomic mass is 10.1. The van der Waals surface area contributed by atoms with E-state index >= 15 is 0 Å². The minimum absolute atomic E-state index is 0.120. The largest absolute Gasteiger partial charge is 0.488 e. The number of nitrogens with zero attached hydrogens (tertiary/aromatic N) is 3. The first-order valence-electron chi connectivity index (χ1n) is 12.1. The minimum atomic E-state index is -0.120. The molecule has 2 fully saturated rings. The third-order valence-electron chi connectivity index (χ3n) is 6.76. The molecule has 5 rings (SSSR count). The molecule has 6 nitrogen and oxygen atoms in total. The van der Waals surface area contributed by atoms with Crippen molar-refractivity contribution < 1.29 is 9.13 Å². The standard InChI is InChI=1S/C26H34FN5O/c1-17-12-22-25(23(13-17)33-21-4-6-28-7-5-21)30-26(31-10-8-29-9-11-31)32(22)16-20-14-18(2)24(27)19(3)15-20/h12-15,21,28-29H,4-11,16H2,1-3H3. The number of nitrogens with one attached hydrogen (secondary N) is 2. The fraction of sp³-hybridized carbons (Fsp3) is 0.500. The summed E-state index contributed by atoms with van der Waals surface area (Å²) in [4.78, 5) is 7.50. The quantitative estimate of drug-likeness (QED) is 0.620. The van der Waals surface area contributed by atoms with Gasteiger partial charge in [-0.05, 0) is 81.1 Å². The van der Waals surface area contributed by atoms with Crippen molar-refractivity contribution >= 4 is 17.0 Å². The zero-order valence-electron chi connectivity index (χ0n) is 19.9. The van der Waals surface area contributed by atoms with Crippen LogP contribution in [0.4, 0.5) is 10.3 Å². The lowest BCUT2D eigenvalue weighted by Gasteiger charge is -2.29. The Kier molecular flexibility index (Phi) is 6.25. The highest BCUT2D eigenvalue weighted by Gasteiger charge is 2.23. The van der Waals surface area contributed by atoms with E-state index in [0.29, 0.717) is 17.7 Å². The van der Waals surface area contributed by atoms with E-state index in [1.807, 2.05) is 26.0 Å². The van der Waals surface area contributed by atoms with Crippen LogP contribution in [0.1, 0.15) is 35.1 Å². The summed E-state index contributed by atoms with van der Waals surface area (Å²) in [5.41, 5.74) is 5.61. The smallest absolute Gasteiger partial charge is 0.207 e. The van der Waals surface area contributed by atoms with Gasteiger partial charge in [0.1, 0.15) is 23.2 Å². The number of aryl methyl sites for hydroxylation is 3. The first-order chi connectivity index (χ1) is 16.0. The summed E-state index contributed by atoms with van der Waals surface area (Å²) in [5.74, 6) is 1.72. The molecule has 2 aliphatic rings. The van der Waals surface area contributed by atoms with Crippen molar-refractivity contribution in [2.75, 3.05) is 44.2 Å². The summed E-state index contributed by atoms with van der Waals surface area (Å²) < 4.78 is 23.1. The van der Waals surface area contributed by atoms with Gasteiger partial charge in [-0.3, -0.25) is 0 Å². The molecule has 3 heterocycles. The molecule has 0 unspecified atom stereocenters. The summed E-state index contributed by atoms with van der Waals surface area (Å²) in [6, 6.07) is 8.23. The third kappa shape index (κ3) is 4.57. The second-order valence-electron chi connectivity index (χ2n) is 9.48. The Labute approximate surface area is 195 Å². The molecule has 0 amide bonds. The number of halogens is 1. The predicted octanol–water partition coefficient (Wildman–Crippen LogP) is 3.69. The number of hydrogen-bond acceptors (Lipinski definition) is 5. The van der Waals surface area contributed by atoms with Gasteiger partial charge in [0, 0.05) is 26.2 Å². The van der Waals surface area contributed by atoms with Crippen molar-refractivity contribution in [2.24, 2.45) is 0 Å². The molecular weight excluding hydrogens is 417 g/mol. The highest BCUT2D eigenvalue weighted by Crippen LogP contribution is 2.33. The first-order valence-corrected chi connectivity index (χ1v) is 12.1. The zero-order valence-corrected chi connectivity index (χ0v) is 19.9. The molecule has 2 N–H and O–H groups in total. The Morgan fingerprint density at radius 1 is 0.970 bits per heavy atom. The van der Waals surface area contributed by atoms with Crippen LogP contribution in [0.3, 0.4) is 0 Å². The van der Waals surface area contributed by atoms with Gasteiger partial charge in [-0.25, -0.2) is 9.37 Å². The molecule has 2 aromatic carbocycles. The van der Waals surface area contributed by atoms with Gasteiger partial charge in [-0.15, -0.1) is 0 Å². The number of piperidine rings is 1. The minimum Gasteiger partial charge on any atom is -0.488 e. The van der Waals surface area contributed by atoms with E-state index in [9.17, 15) is 4.39 Å². The van der Waals surface area contributed by atoms with E-state index in [-0.39, 0.29) is 11.9 Å². The Morgan fingerprint density at radius 2 is 1.64 bits per heavy atom. The van der Waals surface area contributed by atoms with E-state index < -0.39 is 0 Å². The van der Waals surface area contributed by atoms with E-state index in [4.69, 9.17) is 9.72 Å². The van der Waals surface area contributed by atoms with Gasteiger partial charge in [-0.2, -0.15) is 0 Å². The molecule has 33 heavy (non-hydrogen) atoms. The summed E-state index contributed by atoms with van der Waals surface area (Å²) in [6.45, 7) is 12.1. The van der Waals surface area contributed by atoms with Crippen LogP contribution in [0.5, 0.6) is 5.75 Å². The van der Waals surface area contributed by atoms with Gasteiger partial charge in [0.25, 0.3) is 0 Å². The van der Waals surface area contributed by atoms with Gasteiger partial charge >= 0.3 is 0 Å². The average molecular weight is 452 g/mol. The Morgan fingerprint density at radius 3 is 2.33 bits per heavy atom. The van der Waals surface area contributed by atoms with Crippen LogP contribution in [0, 0.1) is 26.6 Å². The van der Waals surface area contributed by atoms with Crippen molar-refractivity contribution in [1.29, 1.82) is 0 Å². The molecule has 2 aliphatic heterocycles. The van der Waals surface area contributed by atoms with Crippen molar-refractivity contribution in [1.82, 2.24) is 20.2 Å². The van der Waals surface area contributed by atoms with Crippen LogP contribution in [-0.2, 0) is 6.54 Å². The number of rotatable bonds is 5. The average Bonchev–Trinajstić information content (AvgIpc) is 3.17. The number of aromatic nitrogens is 2. The van der Waals surface area contributed by atoms with E-state index in [1.165, 1.54) is 0 Å². The van der Waals surface area contributed by atoms with Gasteiger partial charge in [0.15, 0.2) is 0 Å². The molecule has 3 aromatic rings. The predicted molar refractivity (Wildman–Crippen MR) is 131 cm³/mol. The number of piperazine rings is 1. The summed E-state index contributed by atoms with van der Waals surface area (Å²) >= 11 is 0. The fourth-order valence-electron chi connectivity index (χ4n) is 5.07. The molecule has 0 bridgehead atoms. The fourth-order valence-corrected chi connectivity index (χ4v) is 5.07. The van der Waals surface area contributed by atoms with Crippen LogP contribution >= 0.6 is 0 Å². The van der Waals surface area contributed by atoms with Crippen LogP contribution in [0.15, 0.2) is 24.3 Å². The summed E-state index contributed by atoms with van der Waals surface area (Å²) in [5, 5.41) is 6.84. The lowest BCUT2D eigenvalue weighted by molar-refractivity contribution is 0.164. The lowest BCUT2D eigenvalue weighted by Crippen LogP contribution is -2.44. The first kappa shape index (κ1) is 22.2. The molecule has 7 heteroatoms. The van der Waals surface area contributed by atoms with Crippen LogP contribution in [-0.4, -0.2) is 54.9 Å². The molecule has 1 aromatic heterocycles. The number of imidazole rings is 1. The number of fused-ring (bicyclic) bond motifs is 1. The highest BCUT2D eigenvalue weighted by atomic mass is 19.1. The maximum Gasteiger partial charge on any atom is 0.207 e. The second-order valence-corrected chi connectivity index (χ2v) is 9.48. The molecular formula is C26H34FN5O. The van der Waals surface area contributed by atoms with Crippen LogP contribution in [0.25, 0.3) is 11.0 Å². The number of ether oxygens (including phenoxy) is 1. The zero-order chi connectivity index (χ0) is 22.9. The molecule has 0 spiro atoms. The molecule has 176 valence electrons. The number of anilines is 1. The molecule has 0 radical (unpaired) electrons. The van der Waals surface area contributed by atoms with E-state index in [1.54, 1.807) is 0 Å². The van der Waals surface area contributed by atoms with Gasteiger partial charge in [0.05, 0.1) is 12.1 Å². The van der Waals surface area contributed by atoms with Gasteiger partial charge < -0.3 is 24.8 Å². The maximum absolute atomic E-state index is 14.3. The molecule has 0 saturated carbocycles. The number of hydrogen-bond donors (Lipinski definition) is 2. The second kappa shape index (κ2) is 9.31. The normalized spacial score (nSPS) is 17.6. The van der Waals surface area contributed by atoms with Crippen LogP contribution in [0.2, 0.25) is 0 Å². The van der Waals surface area contributed by atoms with Crippen molar-refractivity contribution in [2.45, 2.75) is 46.3 Å². The SMILES string of the molecule is Cc1cc(OC2CCNCC2)c2nc(N3CCNCC3)n(Cc3cc(C)c(F)c(C)c3)c2c1. The highest BCUT2D eigenvalue weighted by molar-refractivity contribution is 5.86. The summed E-state index contributed by atoms with van der Waals surface area (Å²) in [7, 11) is 0. The topological polar surface area (TPSA) is 54.4 Å². The third-order valence-corrected chi connectivity index (χ3v) is 6.76. The molecule has 0 atom stereocenters. The van der Waals surface area contributed by atoms with E-state index in [2.05, 4.69) is 39.2 Å². The Bertz CT molecular complexity index is 1120. The van der Waals surface area contributed by atoms with Crippen molar-refractivity contribution in [3.63, 3.8) is 0 Å². The molecule has 2 saturated heterocycles. The Balaban J connectivity index is 1.60. The summed E-state index contributed by atoms with van der Waals surface area (Å²) in [6.07, 6.45) is 2.23. The van der Waals surface area contributed by atoms with E-state index in [0.717, 1.165) is 86.0 Å². The van der Waals surface area contributed by atoms with Gasteiger partial charge in [0.2, 0.25) is 5.95 Å². The van der Waals surface area contributed by atoms with Crippen molar-refractivity contribution in [3.8, 4) is 5.75 Å². The maximum atomic E-state index is 14.3. The number of benzene rings is 2. The Hall–Kier alpha value is -2.64. The van der Waals surface area contributed by atoms with Crippen molar-refractivity contribution in [3.05, 3.63) is 52.3 Å². The molecule has 0 aliphatic carbocycles. The van der Waals surface area contributed by atoms with Gasteiger partial charge in [-0.1, -0.05) is 12.1 Å².